The molecule has 13 heavy (non-hydrogen) atoms. The summed E-state index contributed by atoms with van der Waals surface area (Å²) < 4.78 is 4.91. The second-order valence-corrected chi connectivity index (χ2v) is 4.92. The molecule has 0 aromatic carbocycles. The molecule has 0 unspecified atom stereocenters. The summed E-state index contributed by atoms with van der Waals surface area (Å²) >= 11 is 0. The highest BCUT2D eigenvalue weighted by molar-refractivity contribution is 5.60. The first kappa shape index (κ1) is 12.2. The van der Waals surface area contributed by atoms with Gasteiger partial charge < -0.3 is 9.57 Å². The highest BCUT2D eigenvalue weighted by Crippen LogP contribution is 2.08. The molecule has 0 saturated heterocycles. The van der Waals surface area contributed by atoms with E-state index in [0.717, 1.165) is 0 Å². The zero-order chi connectivity index (χ0) is 10.7. The minimum Gasteiger partial charge on any atom is -0.427 e. The van der Waals surface area contributed by atoms with Crippen LogP contribution >= 0.6 is 0 Å². The van der Waals surface area contributed by atoms with Crippen LogP contribution in [0.4, 0.5) is 4.79 Å². The Hall–Kier alpha value is -0.770. The van der Waals surface area contributed by atoms with Crippen molar-refractivity contribution in [3.8, 4) is 0 Å². The van der Waals surface area contributed by atoms with Crippen LogP contribution in [0.2, 0.25) is 0 Å². The Kier molecular flexibility index (Phi) is 3.72. The Morgan fingerprint density at radius 1 is 1.08 bits per heavy atom. The predicted octanol–water partition coefficient (Wildman–Crippen LogP) is 2.24. The van der Waals surface area contributed by atoms with Gasteiger partial charge in [-0.15, -0.1) is 5.48 Å². The molecule has 0 fully saturated rings. The van der Waals surface area contributed by atoms with Crippen LogP contribution in [0, 0.1) is 0 Å². The molecule has 0 spiro atoms. The van der Waals surface area contributed by atoms with Crippen molar-refractivity contribution in [2.24, 2.45) is 0 Å². The molecule has 0 saturated carbocycles. The Balaban J connectivity index is 3.78. The van der Waals surface area contributed by atoms with E-state index in [1.807, 2.05) is 20.8 Å². The third-order valence-corrected chi connectivity index (χ3v) is 0.830. The molecule has 0 aromatic heterocycles. The lowest BCUT2D eigenvalue weighted by molar-refractivity contribution is -0.0482. The molecule has 4 nitrogen and oxygen atoms in total. The maximum Gasteiger partial charge on any atom is 0.528 e. The van der Waals surface area contributed by atoms with E-state index in [9.17, 15) is 4.79 Å². The second kappa shape index (κ2) is 3.96. The van der Waals surface area contributed by atoms with Gasteiger partial charge in [-0.05, 0) is 41.5 Å². The third kappa shape index (κ3) is 9.14. The zero-order valence-electron chi connectivity index (χ0n) is 9.22. The highest BCUT2D eigenvalue weighted by atomic mass is 16.8. The van der Waals surface area contributed by atoms with E-state index in [2.05, 4.69) is 10.3 Å². The lowest BCUT2D eigenvalue weighted by Crippen LogP contribution is -2.39. The van der Waals surface area contributed by atoms with Gasteiger partial charge in [-0.25, -0.2) is 4.79 Å². The summed E-state index contributed by atoms with van der Waals surface area (Å²) in [6.45, 7) is 11.0. The van der Waals surface area contributed by atoms with Gasteiger partial charge in [0.05, 0.1) is 0 Å². The van der Waals surface area contributed by atoms with Crippen molar-refractivity contribution >= 4 is 6.16 Å². The Bertz CT molecular complexity index is 176. The van der Waals surface area contributed by atoms with Crippen molar-refractivity contribution in [2.45, 2.75) is 52.7 Å². The molecule has 78 valence electrons. The fraction of sp³-hybridized carbons (Fsp3) is 0.889. The molecule has 0 aromatic rings. The van der Waals surface area contributed by atoms with Crippen molar-refractivity contribution in [1.82, 2.24) is 5.48 Å². The zero-order valence-corrected chi connectivity index (χ0v) is 9.22. The van der Waals surface area contributed by atoms with Crippen LogP contribution in [-0.4, -0.2) is 17.3 Å². The summed E-state index contributed by atoms with van der Waals surface area (Å²) in [6.07, 6.45) is -0.706. The second-order valence-electron chi connectivity index (χ2n) is 4.92. The van der Waals surface area contributed by atoms with Crippen LogP contribution < -0.4 is 5.48 Å². The smallest absolute Gasteiger partial charge is 0.427 e. The van der Waals surface area contributed by atoms with E-state index in [0.29, 0.717) is 0 Å². The molecule has 0 amide bonds. The first-order valence-corrected chi connectivity index (χ1v) is 4.27. The lowest BCUT2D eigenvalue weighted by atomic mass is 10.1. The van der Waals surface area contributed by atoms with Crippen LogP contribution in [0.25, 0.3) is 0 Å². The minimum absolute atomic E-state index is 0.267. The summed E-state index contributed by atoms with van der Waals surface area (Å²) in [6, 6.07) is 0. The quantitative estimate of drug-likeness (QED) is 0.507. The molecule has 0 heterocycles. The fourth-order valence-electron chi connectivity index (χ4n) is 0.466. The van der Waals surface area contributed by atoms with Gasteiger partial charge in [0.2, 0.25) is 0 Å². The normalized spacial score (nSPS) is 12.5. The number of hydrogen-bond donors (Lipinski definition) is 1. The summed E-state index contributed by atoms with van der Waals surface area (Å²) in [5, 5.41) is 0. The molecule has 0 aliphatic rings. The van der Waals surface area contributed by atoms with Crippen molar-refractivity contribution in [3.63, 3.8) is 0 Å². The maximum atomic E-state index is 11.0. The number of hydroxylamine groups is 1. The van der Waals surface area contributed by atoms with E-state index < -0.39 is 11.8 Å². The van der Waals surface area contributed by atoms with Gasteiger partial charge in [-0.3, -0.25) is 0 Å². The van der Waals surface area contributed by atoms with Crippen LogP contribution in [0.1, 0.15) is 41.5 Å². The van der Waals surface area contributed by atoms with Gasteiger partial charge >= 0.3 is 6.16 Å². The number of nitrogens with one attached hydrogen (secondary N) is 1. The van der Waals surface area contributed by atoms with Crippen molar-refractivity contribution in [2.75, 3.05) is 0 Å². The van der Waals surface area contributed by atoms with Crippen LogP contribution in [0.5, 0.6) is 0 Å². The Labute approximate surface area is 79.6 Å². The van der Waals surface area contributed by atoms with E-state index in [1.165, 1.54) is 0 Å². The van der Waals surface area contributed by atoms with Gasteiger partial charge in [0.25, 0.3) is 0 Å². The van der Waals surface area contributed by atoms with Crippen molar-refractivity contribution in [3.05, 3.63) is 0 Å². The fourth-order valence-corrected chi connectivity index (χ4v) is 0.466. The van der Waals surface area contributed by atoms with E-state index in [-0.39, 0.29) is 5.54 Å². The number of ether oxygens (including phenoxy) is 1. The molecule has 0 rings (SSSR count). The molecule has 0 aliphatic heterocycles. The monoisotopic (exact) mass is 189 g/mol. The van der Waals surface area contributed by atoms with E-state index in [4.69, 9.17) is 4.74 Å². The Morgan fingerprint density at radius 2 is 1.54 bits per heavy atom. The van der Waals surface area contributed by atoms with E-state index >= 15 is 0 Å². The molecular formula is C9H19NO3. The average Bonchev–Trinajstić information content (AvgIpc) is 1.78. The summed E-state index contributed by atoms with van der Waals surface area (Å²) in [5.74, 6) is 0. The van der Waals surface area contributed by atoms with Crippen LogP contribution in [0.15, 0.2) is 0 Å². The van der Waals surface area contributed by atoms with Gasteiger partial charge in [0, 0.05) is 5.54 Å². The Morgan fingerprint density at radius 3 is 1.85 bits per heavy atom. The number of hydrogen-bond acceptors (Lipinski definition) is 4. The van der Waals surface area contributed by atoms with Gasteiger partial charge in [0.15, 0.2) is 0 Å². The van der Waals surface area contributed by atoms with Crippen molar-refractivity contribution < 1.29 is 14.4 Å². The first-order valence-electron chi connectivity index (χ1n) is 4.27. The maximum absolute atomic E-state index is 11.0. The topological polar surface area (TPSA) is 47.6 Å². The van der Waals surface area contributed by atoms with Crippen LogP contribution in [-0.2, 0) is 9.57 Å². The molecule has 4 heteroatoms. The molecular weight excluding hydrogens is 170 g/mol. The number of rotatable bonds is 1. The van der Waals surface area contributed by atoms with Gasteiger partial charge in [-0.1, -0.05) is 0 Å². The average molecular weight is 189 g/mol. The number of carbonyl (C=O) groups is 1. The van der Waals surface area contributed by atoms with Gasteiger partial charge in [0.1, 0.15) is 5.60 Å². The molecule has 0 aliphatic carbocycles. The predicted molar refractivity (Wildman–Crippen MR) is 50.2 cm³/mol. The molecule has 0 radical (unpaired) electrons. The molecule has 1 N–H and O–H groups in total. The van der Waals surface area contributed by atoms with E-state index in [1.54, 1.807) is 20.8 Å². The summed E-state index contributed by atoms with van der Waals surface area (Å²) in [7, 11) is 0. The lowest BCUT2D eigenvalue weighted by Gasteiger charge is -2.22. The highest BCUT2D eigenvalue weighted by Gasteiger charge is 2.19. The van der Waals surface area contributed by atoms with Gasteiger partial charge in [-0.2, -0.15) is 0 Å². The number of carbonyl (C=O) groups excluding carboxylic acids is 1. The summed E-state index contributed by atoms with van der Waals surface area (Å²) in [4.78, 5) is 15.7. The molecule has 0 bridgehead atoms. The molecule has 0 atom stereocenters. The first-order chi connectivity index (χ1) is 5.60. The third-order valence-electron chi connectivity index (χ3n) is 0.830. The minimum atomic E-state index is -0.706. The van der Waals surface area contributed by atoms with Crippen LogP contribution in [0.3, 0.4) is 0 Å². The largest absolute Gasteiger partial charge is 0.528 e. The standard InChI is InChI=1S/C9H19NO3/c1-8(2,3)10-13-7(11)12-9(4,5)6/h10H,1-6H3. The summed E-state index contributed by atoms with van der Waals surface area (Å²) in [5.41, 5.74) is 1.79. The SMILES string of the molecule is CC(C)(C)NOC(=O)OC(C)(C)C. The van der Waals surface area contributed by atoms with Crippen molar-refractivity contribution in [1.29, 1.82) is 0 Å².